The van der Waals surface area contributed by atoms with Gasteiger partial charge in [0, 0.05) is 60.8 Å². The van der Waals surface area contributed by atoms with Crippen LogP contribution in [0.1, 0.15) is 25.0 Å². The average molecular weight is 609 g/mol. The number of hydrogen-bond donors (Lipinski definition) is 1. The van der Waals surface area contributed by atoms with E-state index < -0.39 is 0 Å². The standard InChI is InChI=1S/C12H16BrNO2.C9H10BrNO.C3H7ClO/c1-9-8-11(4-5-12(9)13)14(10(2)15)6-7-16-3;1-6-5-8(11-7(2)12)3-4-9(6)10;1-5-3-2-4/h4-5,8H,6-7H2,1-3H3;3-5H,1-2H3,(H,11,12);2-3H2,1H3. The van der Waals surface area contributed by atoms with Gasteiger partial charge in [0.15, 0.2) is 0 Å². The molecular weight excluding hydrogens is 576 g/mol. The maximum Gasteiger partial charge on any atom is 0.223 e. The van der Waals surface area contributed by atoms with Crippen LogP contribution in [0.5, 0.6) is 0 Å². The van der Waals surface area contributed by atoms with Crippen molar-refractivity contribution in [1.82, 2.24) is 0 Å². The van der Waals surface area contributed by atoms with Crippen LogP contribution in [0.2, 0.25) is 0 Å². The number of benzene rings is 2. The number of nitrogens with one attached hydrogen (secondary N) is 1. The zero-order chi connectivity index (χ0) is 25.4. The summed E-state index contributed by atoms with van der Waals surface area (Å²) in [5.41, 5.74) is 3.97. The molecule has 0 bridgehead atoms. The van der Waals surface area contributed by atoms with Crippen LogP contribution in [0, 0.1) is 13.8 Å². The normalized spacial score (nSPS) is 9.73. The molecule has 2 rings (SSSR count). The molecule has 0 unspecified atom stereocenters. The van der Waals surface area contributed by atoms with E-state index in [-0.39, 0.29) is 11.8 Å². The monoisotopic (exact) mass is 606 g/mol. The van der Waals surface area contributed by atoms with Gasteiger partial charge in [0.2, 0.25) is 11.8 Å². The first-order valence-electron chi connectivity index (χ1n) is 10.2. The fourth-order valence-electron chi connectivity index (χ4n) is 2.45. The van der Waals surface area contributed by atoms with Crippen molar-refractivity contribution in [2.75, 3.05) is 50.1 Å². The minimum atomic E-state index is -0.0447. The van der Waals surface area contributed by atoms with Crippen molar-refractivity contribution < 1.29 is 19.1 Å². The number of rotatable bonds is 7. The van der Waals surface area contributed by atoms with Gasteiger partial charge in [-0.1, -0.05) is 31.9 Å². The predicted molar refractivity (Wildman–Crippen MR) is 145 cm³/mol. The summed E-state index contributed by atoms with van der Waals surface area (Å²) in [6, 6.07) is 11.6. The fraction of sp³-hybridized carbons (Fsp3) is 0.417. The van der Waals surface area contributed by atoms with Gasteiger partial charge in [-0.3, -0.25) is 9.59 Å². The molecule has 0 atom stereocenters. The molecule has 0 aromatic heterocycles. The Hall–Kier alpha value is -1.45. The molecule has 0 aliphatic heterocycles. The number of hydrogen-bond acceptors (Lipinski definition) is 4. The second-order valence-electron chi connectivity index (χ2n) is 6.92. The number of carbonyl (C=O) groups excluding carboxylic acids is 2. The molecule has 0 heterocycles. The van der Waals surface area contributed by atoms with Crippen molar-refractivity contribution in [2.24, 2.45) is 0 Å². The Morgan fingerprint density at radius 2 is 1.48 bits per heavy atom. The Morgan fingerprint density at radius 3 is 1.88 bits per heavy atom. The molecule has 2 aromatic carbocycles. The number of carbonyl (C=O) groups is 2. The Kier molecular flexibility index (Phi) is 17.2. The lowest BCUT2D eigenvalue weighted by Crippen LogP contribution is -2.31. The summed E-state index contributed by atoms with van der Waals surface area (Å²) in [5, 5.41) is 2.71. The lowest BCUT2D eigenvalue weighted by Gasteiger charge is -2.21. The van der Waals surface area contributed by atoms with E-state index in [0.29, 0.717) is 25.6 Å². The topological polar surface area (TPSA) is 67.9 Å². The molecule has 0 saturated heterocycles. The second-order valence-corrected chi connectivity index (χ2v) is 9.01. The van der Waals surface area contributed by atoms with Crippen molar-refractivity contribution in [3.05, 3.63) is 56.5 Å². The van der Waals surface area contributed by atoms with E-state index in [1.807, 2.05) is 50.2 Å². The largest absolute Gasteiger partial charge is 0.383 e. The number of methoxy groups -OCH3 is 2. The summed E-state index contributed by atoms with van der Waals surface area (Å²) in [6.45, 7) is 8.81. The summed E-state index contributed by atoms with van der Waals surface area (Å²) in [7, 11) is 3.26. The molecule has 0 aliphatic rings. The third-order valence-corrected chi connectivity index (χ3v) is 6.05. The third kappa shape index (κ3) is 13.8. The quantitative estimate of drug-likeness (QED) is 0.373. The molecule has 0 spiro atoms. The molecule has 9 heteroatoms. The van der Waals surface area contributed by atoms with Crippen LogP contribution >= 0.6 is 43.5 Å². The molecule has 0 aliphatic carbocycles. The molecule has 0 saturated carbocycles. The minimum Gasteiger partial charge on any atom is -0.383 e. The predicted octanol–water partition coefficient (Wildman–Crippen LogP) is 6.34. The Morgan fingerprint density at radius 1 is 0.939 bits per heavy atom. The zero-order valence-electron chi connectivity index (χ0n) is 20.0. The molecule has 33 heavy (non-hydrogen) atoms. The maximum atomic E-state index is 11.5. The first-order chi connectivity index (χ1) is 15.6. The van der Waals surface area contributed by atoms with E-state index in [9.17, 15) is 9.59 Å². The first-order valence-corrected chi connectivity index (χ1v) is 12.3. The zero-order valence-corrected chi connectivity index (χ0v) is 23.9. The van der Waals surface area contributed by atoms with Crippen molar-refractivity contribution in [3.63, 3.8) is 0 Å². The van der Waals surface area contributed by atoms with Gasteiger partial charge in [0.25, 0.3) is 0 Å². The molecule has 2 aromatic rings. The smallest absolute Gasteiger partial charge is 0.223 e. The van der Waals surface area contributed by atoms with Crippen LogP contribution in [0.3, 0.4) is 0 Å². The Labute approximate surface area is 219 Å². The van der Waals surface area contributed by atoms with Crippen molar-refractivity contribution in [1.29, 1.82) is 0 Å². The maximum absolute atomic E-state index is 11.5. The number of nitrogens with zero attached hydrogens (tertiary/aromatic N) is 1. The number of ether oxygens (including phenoxy) is 2. The van der Waals surface area contributed by atoms with Gasteiger partial charge in [-0.25, -0.2) is 0 Å². The molecule has 6 nitrogen and oxygen atoms in total. The molecule has 0 fully saturated rings. The fourth-order valence-corrected chi connectivity index (χ4v) is 3.10. The minimum absolute atomic E-state index is 0.0266. The summed E-state index contributed by atoms with van der Waals surface area (Å²) < 4.78 is 11.7. The van der Waals surface area contributed by atoms with Crippen LogP contribution in [0.4, 0.5) is 11.4 Å². The summed E-state index contributed by atoms with van der Waals surface area (Å²) >= 11 is 12.0. The summed E-state index contributed by atoms with van der Waals surface area (Å²) in [4.78, 5) is 23.9. The van der Waals surface area contributed by atoms with E-state index in [4.69, 9.17) is 16.3 Å². The third-order valence-electron chi connectivity index (χ3n) is 4.11. The van der Waals surface area contributed by atoms with Crippen LogP contribution in [0.25, 0.3) is 0 Å². The van der Waals surface area contributed by atoms with E-state index >= 15 is 0 Å². The lowest BCUT2D eigenvalue weighted by atomic mass is 10.2. The number of alkyl halides is 1. The molecule has 0 radical (unpaired) electrons. The van der Waals surface area contributed by atoms with Gasteiger partial charge in [0.05, 0.1) is 13.2 Å². The Balaban J connectivity index is 0.000000530. The van der Waals surface area contributed by atoms with Crippen molar-refractivity contribution in [2.45, 2.75) is 27.7 Å². The van der Waals surface area contributed by atoms with Gasteiger partial charge in [0.1, 0.15) is 0 Å². The van der Waals surface area contributed by atoms with Crippen LogP contribution in [-0.2, 0) is 19.1 Å². The SMILES string of the molecule is CC(=O)Nc1ccc(Br)c(C)c1.COCCCl.COCCN(C(C)=O)c1ccc(Br)c(C)c1. The highest BCUT2D eigenvalue weighted by Gasteiger charge is 2.11. The van der Waals surface area contributed by atoms with Gasteiger partial charge in [-0.05, 0) is 61.4 Å². The van der Waals surface area contributed by atoms with Crippen molar-refractivity contribution in [3.8, 4) is 0 Å². The van der Waals surface area contributed by atoms with E-state index in [2.05, 4.69) is 41.9 Å². The molecule has 2 amide bonds. The number of aryl methyl sites for hydroxylation is 2. The molecule has 1 N–H and O–H groups in total. The number of anilines is 2. The second kappa shape index (κ2) is 18.0. The van der Waals surface area contributed by atoms with Crippen LogP contribution < -0.4 is 10.2 Å². The van der Waals surface area contributed by atoms with Gasteiger partial charge in [-0.15, -0.1) is 11.6 Å². The van der Waals surface area contributed by atoms with Gasteiger partial charge < -0.3 is 19.7 Å². The highest BCUT2D eigenvalue weighted by Crippen LogP contribution is 2.23. The summed E-state index contributed by atoms with van der Waals surface area (Å²) in [6.07, 6.45) is 0. The number of amides is 2. The highest BCUT2D eigenvalue weighted by molar-refractivity contribution is 9.10. The van der Waals surface area contributed by atoms with Crippen LogP contribution in [-0.4, -0.2) is 51.7 Å². The van der Waals surface area contributed by atoms with E-state index in [0.717, 1.165) is 31.4 Å². The van der Waals surface area contributed by atoms with E-state index in [1.54, 1.807) is 26.0 Å². The lowest BCUT2D eigenvalue weighted by molar-refractivity contribution is -0.117. The molecular formula is C24H33Br2ClN2O4. The number of halogens is 3. The first kappa shape index (κ1) is 31.6. The highest BCUT2D eigenvalue weighted by atomic mass is 79.9. The van der Waals surface area contributed by atoms with Crippen molar-refractivity contribution >= 4 is 66.6 Å². The van der Waals surface area contributed by atoms with Gasteiger partial charge in [-0.2, -0.15) is 0 Å². The van der Waals surface area contributed by atoms with E-state index in [1.165, 1.54) is 6.92 Å². The Bertz CT molecular complexity index is 880. The van der Waals surface area contributed by atoms with Gasteiger partial charge >= 0.3 is 0 Å². The molecule has 184 valence electrons. The summed E-state index contributed by atoms with van der Waals surface area (Å²) in [5.74, 6) is 0.576. The average Bonchev–Trinajstić information content (AvgIpc) is 2.74. The van der Waals surface area contributed by atoms with Crippen LogP contribution in [0.15, 0.2) is 45.3 Å².